The van der Waals surface area contributed by atoms with Crippen LogP contribution >= 0.6 is 0 Å². The zero-order valence-corrected chi connectivity index (χ0v) is 16.4. The Balaban J connectivity index is 1.34. The fourth-order valence-corrected chi connectivity index (χ4v) is 4.48. The molecule has 9 nitrogen and oxygen atoms in total. The molecule has 0 radical (unpaired) electrons. The number of fused-ring (bicyclic) bond motifs is 1. The first kappa shape index (κ1) is 18.5. The molecule has 0 spiro atoms. The Bertz CT molecular complexity index is 1090. The number of piperidine rings is 1. The summed E-state index contributed by atoms with van der Waals surface area (Å²) in [6.45, 7) is 1.81. The second-order valence-electron chi connectivity index (χ2n) is 7.83. The summed E-state index contributed by atoms with van der Waals surface area (Å²) in [6, 6.07) is 9.94. The fraction of sp³-hybridized carbons (Fsp3) is 0.381. The Morgan fingerprint density at radius 1 is 1.10 bits per heavy atom. The van der Waals surface area contributed by atoms with E-state index in [-0.39, 0.29) is 18.4 Å². The second-order valence-corrected chi connectivity index (χ2v) is 7.83. The summed E-state index contributed by atoms with van der Waals surface area (Å²) in [5.74, 6) is -0.672. The SMILES string of the molecule is O=C(O)C1CC(=O)N(C2CCN(c3ncnc4c3cnn4-c3ccccc3)CC2)C1. The van der Waals surface area contributed by atoms with Crippen molar-refractivity contribution in [3.8, 4) is 5.69 Å². The quantitative estimate of drug-likeness (QED) is 0.703. The largest absolute Gasteiger partial charge is 0.481 e. The van der Waals surface area contributed by atoms with E-state index in [1.165, 1.54) is 0 Å². The topological polar surface area (TPSA) is 104 Å². The minimum atomic E-state index is -0.887. The van der Waals surface area contributed by atoms with E-state index in [9.17, 15) is 14.7 Å². The summed E-state index contributed by atoms with van der Waals surface area (Å²) in [7, 11) is 0. The van der Waals surface area contributed by atoms with E-state index in [4.69, 9.17) is 0 Å². The van der Waals surface area contributed by atoms with Gasteiger partial charge in [-0.15, -0.1) is 0 Å². The van der Waals surface area contributed by atoms with E-state index in [2.05, 4.69) is 20.0 Å². The van der Waals surface area contributed by atoms with Gasteiger partial charge in [0.05, 0.1) is 23.2 Å². The molecule has 1 N–H and O–H groups in total. The van der Waals surface area contributed by atoms with Crippen LogP contribution in [0.25, 0.3) is 16.7 Å². The van der Waals surface area contributed by atoms with Crippen LogP contribution in [0.4, 0.5) is 5.82 Å². The summed E-state index contributed by atoms with van der Waals surface area (Å²) in [5, 5.41) is 14.6. The fourth-order valence-electron chi connectivity index (χ4n) is 4.48. The Morgan fingerprint density at radius 2 is 1.87 bits per heavy atom. The van der Waals surface area contributed by atoms with Crippen molar-refractivity contribution in [2.75, 3.05) is 24.5 Å². The van der Waals surface area contributed by atoms with Gasteiger partial charge in [0.2, 0.25) is 5.91 Å². The molecular formula is C21H22N6O3. The first-order valence-corrected chi connectivity index (χ1v) is 10.1. The van der Waals surface area contributed by atoms with Crippen LogP contribution in [0.15, 0.2) is 42.9 Å². The van der Waals surface area contributed by atoms with Gasteiger partial charge in [-0.2, -0.15) is 5.10 Å². The number of carbonyl (C=O) groups excluding carboxylic acids is 1. The molecule has 2 saturated heterocycles. The van der Waals surface area contributed by atoms with Crippen molar-refractivity contribution in [3.63, 3.8) is 0 Å². The molecule has 0 aliphatic carbocycles. The molecule has 4 heterocycles. The Morgan fingerprint density at radius 3 is 2.57 bits per heavy atom. The number of nitrogens with zero attached hydrogens (tertiary/aromatic N) is 6. The van der Waals surface area contributed by atoms with Gasteiger partial charge >= 0.3 is 5.97 Å². The Kier molecular flexibility index (Phi) is 4.57. The van der Waals surface area contributed by atoms with Gasteiger partial charge in [-0.3, -0.25) is 9.59 Å². The van der Waals surface area contributed by atoms with Gasteiger partial charge in [0.1, 0.15) is 12.1 Å². The first-order chi connectivity index (χ1) is 14.6. The van der Waals surface area contributed by atoms with E-state index in [0.717, 1.165) is 48.5 Å². The third kappa shape index (κ3) is 3.16. The van der Waals surface area contributed by atoms with Crippen molar-refractivity contribution < 1.29 is 14.7 Å². The maximum atomic E-state index is 12.3. The van der Waals surface area contributed by atoms with Gasteiger partial charge < -0.3 is 14.9 Å². The Hall–Kier alpha value is -3.49. The lowest BCUT2D eigenvalue weighted by Crippen LogP contribution is -2.46. The lowest BCUT2D eigenvalue weighted by Gasteiger charge is -2.37. The number of rotatable bonds is 4. The second kappa shape index (κ2) is 7.40. The number of carboxylic acids is 1. The van der Waals surface area contributed by atoms with Crippen molar-refractivity contribution in [2.45, 2.75) is 25.3 Å². The summed E-state index contributed by atoms with van der Waals surface area (Å²) in [5.41, 5.74) is 1.70. The maximum Gasteiger partial charge on any atom is 0.308 e. The molecule has 1 atom stereocenters. The van der Waals surface area contributed by atoms with E-state index in [0.29, 0.717) is 6.54 Å². The molecule has 1 aromatic carbocycles. The molecule has 0 bridgehead atoms. The molecule has 2 aromatic heterocycles. The number of benzene rings is 1. The van der Waals surface area contributed by atoms with Gasteiger partial charge in [-0.25, -0.2) is 14.6 Å². The van der Waals surface area contributed by atoms with E-state index < -0.39 is 11.9 Å². The van der Waals surface area contributed by atoms with Crippen LogP contribution in [0, 0.1) is 5.92 Å². The van der Waals surface area contributed by atoms with Crippen LogP contribution < -0.4 is 4.90 Å². The van der Waals surface area contributed by atoms with Crippen LogP contribution in [0.3, 0.4) is 0 Å². The molecule has 2 aliphatic rings. The number of anilines is 1. The van der Waals surface area contributed by atoms with Crippen molar-refractivity contribution in [1.82, 2.24) is 24.6 Å². The smallest absolute Gasteiger partial charge is 0.308 e. The third-order valence-corrected chi connectivity index (χ3v) is 6.06. The minimum Gasteiger partial charge on any atom is -0.481 e. The van der Waals surface area contributed by atoms with Crippen LogP contribution in [0.2, 0.25) is 0 Å². The van der Waals surface area contributed by atoms with Crippen molar-refractivity contribution in [1.29, 1.82) is 0 Å². The molecule has 2 aliphatic heterocycles. The van der Waals surface area contributed by atoms with Gasteiger partial charge in [-0.1, -0.05) is 18.2 Å². The van der Waals surface area contributed by atoms with E-state index >= 15 is 0 Å². The van der Waals surface area contributed by atoms with Crippen LogP contribution in [0.5, 0.6) is 0 Å². The molecule has 30 heavy (non-hydrogen) atoms. The predicted molar refractivity (Wildman–Crippen MR) is 109 cm³/mol. The number of likely N-dealkylation sites (tertiary alicyclic amines) is 1. The van der Waals surface area contributed by atoms with Gasteiger partial charge in [0.25, 0.3) is 0 Å². The molecule has 9 heteroatoms. The molecule has 0 saturated carbocycles. The zero-order chi connectivity index (χ0) is 20.7. The molecular weight excluding hydrogens is 384 g/mol. The highest BCUT2D eigenvalue weighted by Gasteiger charge is 2.39. The zero-order valence-electron chi connectivity index (χ0n) is 16.4. The van der Waals surface area contributed by atoms with Crippen LogP contribution in [0.1, 0.15) is 19.3 Å². The van der Waals surface area contributed by atoms with Crippen LogP contribution in [-0.2, 0) is 9.59 Å². The standard InChI is InChI=1S/C21H22N6O3/c28-18-10-14(21(29)30)12-26(18)15-6-8-25(9-7-15)19-17-11-24-27(20(17)23-13-22-19)16-4-2-1-3-5-16/h1-5,11,13-15H,6-10,12H2,(H,29,30). The summed E-state index contributed by atoms with van der Waals surface area (Å²) >= 11 is 0. The average Bonchev–Trinajstić information content (AvgIpc) is 3.38. The molecule has 154 valence electrons. The Labute approximate surface area is 172 Å². The van der Waals surface area contributed by atoms with Crippen molar-refractivity contribution >= 4 is 28.7 Å². The lowest BCUT2D eigenvalue weighted by atomic mass is 10.0. The summed E-state index contributed by atoms with van der Waals surface area (Å²) in [6.07, 6.45) is 5.05. The molecule has 3 aromatic rings. The monoisotopic (exact) mass is 406 g/mol. The van der Waals surface area contributed by atoms with Crippen LogP contribution in [-0.4, -0.2) is 67.3 Å². The van der Waals surface area contributed by atoms with Gasteiger partial charge in [-0.05, 0) is 25.0 Å². The van der Waals surface area contributed by atoms with Crippen molar-refractivity contribution in [3.05, 3.63) is 42.9 Å². The molecule has 5 rings (SSSR count). The maximum absolute atomic E-state index is 12.3. The molecule has 1 unspecified atom stereocenters. The predicted octanol–water partition coefficient (Wildman–Crippen LogP) is 1.72. The molecule has 2 fully saturated rings. The number of amides is 1. The number of hydrogen-bond donors (Lipinski definition) is 1. The number of aromatic nitrogens is 4. The minimum absolute atomic E-state index is 0.0468. The lowest BCUT2D eigenvalue weighted by molar-refractivity contribution is -0.141. The normalized spacial score (nSPS) is 20.3. The number of hydrogen-bond acceptors (Lipinski definition) is 6. The van der Waals surface area contributed by atoms with E-state index in [1.807, 2.05) is 35.0 Å². The summed E-state index contributed by atoms with van der Waals surface area (Å²) in [4.78, 5) is 36.4. The third-order valence-electron chi connectivity index (χ3n) is 6.06. The highest BCUT2D eigenvalue weighted by molar-refractivity contribution is 5.88. The average molecular weight is 406 g/mol. The highest BCUT2D eigenvalue weighted by atomic mass is 16.4. The highest BCUT2D eigenvalue weighted by Crippen LogP contribution is 2.30. The van der Waals surface area contributed by atoms with Gasteiger partial charge in [0, 0.05) is 32.1 Å². The number of para-hydroxylation sites is 1. The summed E-state index contributed by atoms with van der Waals surface area (Å²) < 4.78 is 1.81. The van der Waals surface area contributed by atoms with E-state index in [1.54, 1.807) is 17.4 Å². The first-order valence-electron chi connectivity index (χ1n) is 10.1. The van der Waals surface area contributed by atoms with Crippen molar-refractivity contribution in [2.24, 2.45) is 5.92 Å². The molecule has 1 amide bonds. The number of carboxylic acid groups (broad SMARTS) is 1. The number of carbonyl (C=O) groups is 2. The number of aliphatic carboxylic acids is 1. The van der Waals surface area contributed by atoms with Gasteiger partial charge in [0.15, 0.2) is 5.65 Å².